The zero-order chi connectivity index (χ0) is 18.9. The molecular formula is C17H14Cl2N2O3S2. The molecule has 1 heterocycles. The molecular weight excluding hydrogens is 415 g/mol. The number of rotatable bonds is 5. The van der Waals surface area contributed by atoms with Crippen LogP contribution in [0.1, 0.15) is 5.56 Å². The van der Waals surface area contributed by atoms with Gasteiger partial charge in [-0.25, -0.2) is 13.4 Å². The van der Waals surface area contributed by atoms with Crippen LogP contribution in [-0.2, 0) is 10.0 Å². The Morgan fingerprint density at radius 1 is 1.15 bits per heavy atom. The molecule has 1 aromatic heterocycles. The van der Waals surface area contributed by atoms with Crippen molar-refractivity contribution in [3.8, 4) is 17.0 Å². The fraction of sp³-hybridized carbons (Fsp3) is 0.118. The maximum atomic E-state index is 12.7. The lowest BCUT2D eigenvalue weighted by Crippen LogP contribution is -2.14. The lowest BCUT2D eigenvalue weighted by atomic mass is 10.2. The Morgan fingerprint density at radius 3 is 2.46 bits per heavy atom. The van der Waals surface area contributed by atoms with Gasteiger partial charge >= 0.3 is 0 Å². The summed E-state index contributed by atoms with van der Waals surface area (Å²) in [7, 11) is -2.29. The Bertz CT molecular complexity index is 1030. The Balaban J connectivity index is 1.88. The lowest BCUT2D eigenvalue weighted by Gasteiger charge is -2.10. The second kappa shape index (κ2) is 7.44. The van der Waals surface area contributed by atoms with Gasteiger partial charge in [0.1, 0.15) is 10.6 Å². The number of hydrogen-bond acceptors (Lipinski definition) is 5. The van der Waals surface area contributed by atoms with Gasteiger partial charge in [0.15, 0.2) is 5.13 Å². The van der Waals surface area contributed by atoms with Crippen LogP contribution in [0.5, 0.6) is 5.75 Å². The van der Waals surface area contributed by atoms with Gasteiger partial charge in [0, 0.05) is 16.0 Å². The highest BCUT2D eigenvalue weighted by Crippen LogP contribution is 2.32. The molecule has 0 fully saturated rings. The molecule has 1 N–H and O–H groups in total. The molecule has 3 aromatic rings. The second-order valence-electron chi connectivity index (χ2n) is 5.41. The van der Waals surface area contributed by atoms with Gasteiger partial charge in [-0.2, -0.15) is 0 Å². The highest BCUT2D eigenvalue weighted by Gasteiger charge is 2.22. The van der Waals surface area contributed by atoms with Crippen molar-refractivity contribution in [3.63, 3.8) is 0 Å². The molecule has 136 valence electrons. The lowest BCUT2D eigenvalue weighted by molar-refractivity contribution is 0.415. The third kappa shape index (κ3) is 3.96. The van der Waals surface area contributed by atoms with E-state index in [-0.39, 0.29) is 15.0 Å². The quantitative estimate of drug-likeness (QED) is 0.603. The van der Waals surface area contributed by atoms with Crippen LogP contribution in [0.3, 0.4) is 0 Å². The number of nitrogens with zero attached hydrogens (tertiary/aromatic N) is 1. The number of aryl methyl sites for hydroxylation is 1. The Kier molecular flexibility index (Phi) is 5.43. The molecule has 0 saturated heterocycles. The van der Waals surface area contributed by atoms with Gasteiger partial charge in [0.25, 0.3) is 10.0 Å². The van der Waals surface area contributed by atoms with E-state index in [0.29, 0.717) is 16.3 Å². The topological polar surface area (TPSA) is 68.3 Å². The van der Waals surface area contributed by atoms with Crippen LogP contribution in [-0.4, -0.2) is 20.5 Å². The minimum Gasteiger partial charge on any atom is -0.497 e. The molecule has 26 heavy (non-hydrogen) atoms. The van der Waals surface area contributed by atoms with E-state index in [1.165, 1.54) is 17.4 Å². The molecule has 5 nitrogen and oxygen atoms in total. The molecule has 0 atom stereocenters. The number of methoxy groups -OCH3 is 1. The summed E-state index contributed by atoms with van der Waals surface area (Å²) in [6.07, 6.45) is 0. The van der Waals surface area contributed by atoms with Gasteiger partial charge in [-0.1, -0.05) is 23.2 Å². The first-order valence-corrected chi connectivity index (χ1v) is 10.5. The summed E-state index contributed by atoms with van der Waals surface area (Å²) >= 11 is 13.2. The Labute approximate surface area is 165 Å². The van der Waals surface area contributed by atoms with Crippen molar-refractivity contribution in [2.75, 3.05) is 11.8 Å². The van der Waals surface area contributed by atoms with Crippen LogP contribution in [0.25, 0.3) is 11.3 Å². The minimum absolute atomic E-state index is 0.00948. The van der Waals surface area contributed by atoms with Gasteiger partial charge < -0.3 is 4.74 Å². The summed E-state index contributed by atoms with van der Waals surface area (Å²) in [5.74, 6) is 0.734. The predicted octanol–water partition coefficient (Wildman–Crippen LogP) is 5.23. The highest BCUT2D eigenvalue weighted by atomic mass is 35.5. The zero-order valence-corrected chi connectivity index (χ0v) is 16.9. The number of benzene rings is 2. The van der Waals surface area contributed by atoms with Crippen molar-refractivity contribution in [1.82, 2.24) is 4.98 Å². The van der Waals surface area contributed by atoms with Gasteiger partial charge in [0.2, 0.25) is 0 Å². The molecule has 0 unspecified atom stereocenters. The average Bonchev–Trinajstić information content (AvgIpc) is 3.01. The number of ether oxygens (including phenoxy) is 1. The van der Waals surface area contributed by atoms with Gasteiger partial charge in [-0.05, 0) is 48.9 Å². The van der Waals surface area contributed by atoms with Crippen LogP contribution < -0.4 is 9.46 Å². The molecule has 0 amide bonds. The first kappa shape index (κ1) is 19.0. The summed E-state index contributed by atoms with van der Waals surface area (Å²) in [6.45, 7) is 1.64. The minimum atomic E-state index is -3.88. The van der Waals surface area contributed by atoms with E-state index in [0.717, 1.165) is 11.3 Å². The largest absolute Gasteiger partial charge is 0.497 e. The van der Waals surface area contributed by atoms with E-state index in [2.05, 4.69) is 9.71 Å². The summed E-state index contributed by atoms with van der Waals surface area (Å²) in [5, 5.41) is 2.47. The van der Waals surface area contributed by atoms with Crippen LogP contribution in [0.2, 0.25) is 10.0 Å². The predicted molar refractivity (Wildman–Crippen MR) is 106 cm³/mol. The van der Waals surface area contributed by atoms with E-state index >= 15 is 0 Å². The number of sulfonamides is 1. The molecule has 0 bridgehead atoms. The molecule has 0 aliphatic heterocycles. The summed E-state index contributed by atoms with van der Waals surface area (Å²) < 4.78 is 33.0. The van der Waals surface area contributed by atoms with Crippen LogP contribution >= 0.6 is 34.5 Å². The molecule has 0 saturated carbocycles. The first-order valence-electron chi connectivity index (χ1n) is 7.38. The summed E-state index contributed by atoms with van der Waals surface area (Å²) in [5.41, 5.74) is 1.98. The van der Waals surface area contributed by atoms with E-state index in [9.17, 15) is 8.42 Å². The molecule has 0 aliphatic rings. The standard InChI is InChI=1S/C17H14Cl2N2O3S2/c1-10-7-12(18)8-14(19)16(10)26(22,23)21-17-20-15(9-25-17)11-3-5-13(24-2)6-4-11/h3-9H,1-2H3,(H,20,21). The number of thiazole rings is 1. The van der Waals surface area contributed by atoms with Gasteiger partial charge in [0.05, 0.1) is 17.8 Å². The van der Waals surface area contributed by atoms with Crippen molar-refractivity contribution in [2.24, 2.45) is 0 Å². The number of anilines is 1. The third-order valence-electron chi connectivity index (χ3n) is 3.57. The number of nitrogens with one attached hydrogen (secondary N) is 1. The van der Waals surface area contributed by atoms with Crippen LogP contribution in [0.15, 0.2) is 46.7 Å². The third-order valence-corrected chi connectivity index (χ3v) is 6.63. The zero-order valence-electron chi connectivity index (χ0n) is 13.8. The van der Waals surface area contributed by atoms with E-state index in [1.807, 2.05) is 24.3 Å². The number of halogens is 2. The fourth-order valence-corrected chi connectivity index (χ4v) is 5.57. The van der Waals surface area contributed by atoms with Crippen molar-refractivity contribution < 1.29 is 13.2 Å². The van der Waals surface area contributed by atoms with Gasteiger partial charge in [-0.15, -0.1) is 11.3 Å². The molecule has 2 aromatic carbocycles. The number of aromatic nitrogens is 1. The number of hydrogen-bond donors (Lipinski definition) is 1. The maximum Gasteiger partial charge on any atom is 0.265 e. The summed E-state index contributed by atoms with van der Waals surface area (Å²) in [4.78, 5) is 4.33. The molecule has 9 heteroatoms. The van der Waals surface area contributed by atoms with Crippen molar-refractivity contribution in [2.45, 2.75) is 11.8 Å². The van der Waals surface area contributed by atoms with Crippen molar-refractivity contribution >= 4 is 49.7 Å². The van der Waals surface area contributed by atoms with Gasteiger partial charge in [-0.3, -0.25) is 4.72 Å². The Hall–Kier alpha value is -1.80. The van der Waals surface area contributed by atoms with E-state index in [1.54, 1.807) is 25.5 Å². The maximum absolute atomic E-state index is 12.7. The Morgan fingerprint density at radius 2 is 1.85 bits per heavy atom. The van der Waals surface area contributed by atoms with Crippen LogP contribution in [0.4, 0.5) is 5.13 Å². The van der Waals surface area contributed by atoms with E-state index in [4.69, 9.17) is 27.9 Å². The van der Waals surface area contributed by atoms with Crippen LogP contribution in [0, 0.1) is 6.92 Å². The summed E-state index contributed by atoms with van der Waals surface area (Å²) in [6, 6.07) is 10.3. The van der Waals surface area contributed by atoms with Crippen molar-refractivity contribution in [1.29, 1.82) is 0 Å². The SMILES string of the molecule is COc1ccc(-c2csc(NS(=O)(=O)c3c(C)cc(Cl)cc3Cl)n2)cc1. The molecule has 0 spiro atoms. The van der Waals surface area contributed by atoms with E-state index < -0.39 is 10.0 Å². The smallest absolute Gasteiger partial charge is 0.265 e. The second-order valence-corrected chi connectivity index (χ2v) is 8.73. The molecule has 0 aliphatic carbocycles. The monoisotopic (exact) mass is 428 g/mol. The normalized spacial score (nSPS) is 11.4. The first-order chi connectivity index (χ1) is 12.3. The highest BCUT2D eigenvalue weighted by molar-refractivity contribution is 7.93. The average molecular weight is 429 g/mol. The molecule has 0 radical (unpaired) electrons. The fourth-order valence-electron chi connectivity index (χ4n) is 2.41. The molecule has 3 rings (SSSR count). The van der Waals surface area contributed by atoms with Crippen molar-refractivity contribution in [3.05, 3.63) is 57.4 Å².